The van der Waals surface area contributed by atoms with Crippen molar-refractivity contribution >= 4 is 50.7 Å². The second kappa shape index (κ2) is 13.3. The Hall–Kier alpha value is -3.07. The molecule has 0 saturated heterocycles. The Morgan fingerprint density at radius 1 is 0.923 bits per heavy atom. The summed E-state index contributed by atoms with van der Waals surface area (Å²) in [7, 11) is -3.93. The van der Waals surface area contributed by atoms with Crippen molar-refractivity contribution in [1.29, 1.82) is 0 Å². The van der Waals surface area contributed by atoms with E-state index in [9.17, 15) is 18.0 Å². The minimum Gasteiger partial charge on any atom is -0.352 e. The molecule has 10 heteroatoms. The number of carbonyl (C=O) groups is 2. The van der Waals surface area contributed by atoms with Crippen molar-refractivity contribution in [2.24, 2.45) is 0 Å². The predicted molar refractivity (Wildman–Crippen MR) is 158 cm³/mol. The number of hydrogen-bond acceptors (Lipinski definition) is 4. The van der Waals surface area contributed by atoms with Crippen LogP contribution >= 0.6 is 23.2 Å². The number of hydrogen-bond donors (Lipinski definition) is 1. The second-order valence-electron chi connectivity index (χ2n) is 9.74. The van der Waals surface area contributed by atoms with Crippen molar-refractivity contribution in [2.75, 3.05) is 17.1 Å². The van der Waals surface area contributed by atoms with Gasteiger partial charge in [0.2, 0.25) is 21.8 Å². The first-order valence-electron chi connectivity index (χ1n) is 12.5. The molecule has 3 rings (SSSR count). The average Bonchev–Trinajstić information content (AvgIpc) is 2.84. The lowest BCUT2D eigenvalue weighted by atomic mass is 10.0. The largest absolute Gasteiger partial charge is 0.352 e. The summed E-state index contributed by atoms with van der Waals surface area (Å²) in [6.45, 7) is 5.19. The molecule has 0 bridgehead atoms. The molecule has 1 N–H and O–H groups in total. The molecule has 39 heavy (non-hydrogen) atoms. The summed E-state index contributed by atoms with van der Waals surface area (Å²) in [5.74, 6) is -0.877. The quantitative estimate of drug-likeness (QED) is 0.331. The highest BCUT2D eigenvalue weighted by molar-refractivity contribution is 7.92. The molecule has 0 fully saturated rings. The molecule has 0 aliphatic rings. The highest BCUT2D eigenvalue weighted by Gasteiger charge is 2.33. The van der Waals surface area contributed by atoms with Gasteiger partial charge < -0.3 is 10.2 Å². The van der Waals surface area contributed by atoms with Gasteiger partial charge in [0.05, 0.1) is 17.0 Å². The molecule has 7 nitrogen and oxygen atoms in total. The highest BCUT2D eigenvalue weighted by Crippen LogP contribution is 2.30. The van der Waals surface area contributed by atoms with Crippen LogP contribution in [0.25, 0.3) is 0 Å². The van der Waals surface area contributed by atoms with Crippen molar-refractivity contribution in [3.8, 4) is 0 Å². The van der Waals surface area contributed by atoms with Gasteiger partial charge in [-0.2, -0.15) is 0 Å². The molecule has 0 aromatic heterocycles. The Bertz CT molecular complexity index is 1420. The van der Waals surface area contributed by atoms with Gasteiger partial charge in [0.15, 0.2) is 0 Å². The van der Waals surface area contributed by atoms with Crippen LogP contribution in [0.1, 0.15) is 30.5 Å². The molecular weight excluding hydrogens is 557 g/mol. The summed E-state index contributed by atoms with van der Waals surface area (Å²) in [6, 6.07) is 20.3. The van der Waals surface area contributed by atoms with Crippen molar-refractivity contribution in [3.63, 3.8) is 0 Å². The maximum atomic E-state index is 14.0. The van der Waals surface area contributed by atoms with Crippen LogP contribution in [-0.2, 0) is 32.6 Å². The normalized spacial score (nSPS) is 12.2. The molecule has 0 spiro atoms. The van der Waals surface area contributed by atoms with Crippen LogP contribution in [0.4, 0.5) is 5.69 Å². The van der Waals surface area contributed by atoms with Gasteiger partial charge >= 0.3 is 0 Å². The summed E-state index contributed by atoms with van der Waals surface area (Å²) in [6.07, 6.45) is 1.25. The van der Waals surface area contributed by atoms with Gasteiger partial charge in [-0.15, -0.1) is 0 Å². The molecule has 3 aromatic carbocycles. The van der Waals surface area contributed by atoms with Gasteiger partial charge in [-0.1, -0.05) is 83.4 Å². The summed E-state index contributed by atoms with van der Waals surface area (Å²) >= 11 is 12.4. The van der Waals surface area contributed by atoms with Gasteiger partial charge in [-0.25, -0.2) is 8.42 Å². The predicted octanol–water partition coefficient (Wildman–Crippen LogP) is 5.23. The van der Waals surface area contributed by atoms with E-state index in [-0.39, 0.29) is 35.6 Å². The molecule has 0 aliphatic heterocycles. The van der Waals surface area contributed by atoms with E-state index in [1.54, 1.807) is 0 Å². The first-order chi connectivity index (χ1) is 18.3. The number of anilines is 1. The lowest BCUT2D eigenvalue weighted by Gasteiger charge is -2.34. The molecular formula is C29H33Cl2N3O4S. The fraction of sp³-hybridized carbons (Fsp3) is 0.310. The number of halogens is 2. The molecule has 0 heterocycles. The van der Waals surface area contributed by atoms with Crippen molar-refractivity contribution < 1.29 is 18.0 Å². The van der Waals surface area contributed by atoms with Crippen LogP contribution in [-0.4, -0.2) is 50.0 Å². The van der Waals surface area contributed by atoms with E-state index < -0.39 is 28.5 Å². The number of amides is 2. The van der Waals surface area contributed by atoms with Crippen LogP contribution in [0.5, 0.6) is 0 Å². The standard InChI is InChI=1S/C29H33Cl2N3O4S/c1-20(2)32-29(36)27(16-22-10-6-5-7-11-22)33(18-23-12-8-9-21(3)15-23)28(35)19-34(39(4,37)38)26-14-13-24(30)17-25(26)31/h5-15,17,20,27H,16,18-19H2,1-4H3,(H,32,36)/t27-/m0/s1. The van der Waals surface area contributed by atoms with Gasteiger partial charge in [0.25, 0.3) is 0 Å². The number of nitrogens with one attached hydrogen (secondary N) is 1. The topological polar surface area (TPSA) is 86.8 Å². The maximum absolute atomic E-state index is 14.0. The fourth-order valence-electron chi connectivity index (χ4n) is 4.22. The molecule has 1 atom stereocenters. The Morgan fingerprint density at radius 3 is 2.18 bits per heavy atom. The van der Waals surface area contributed by atoms with Crippen molar-refractivity contribution in [2.45, 2.75) is 45.8 Å². The Kier molecular flexibility index (Phi) is 10.4. The first kappa shape index (κ1) is 30.5. The summed E-state index contributed by atoms with van der Waals surface area (Å²) in [5.41, 5.74) is 2.80. The highest BCUT2D eigenvalue weighted by atomic mass is 35.5. The lowest BCUT2D eigenvalue weighted by Crippen LogP contribution is -2.54. The molecule has 0 saturated carbocycles. The minimum absolute atomic E-state index is 0.0874. The third-order valence-electron chi connectivity index (χ3n) is 6.00. The first-order valence-corrected chi connectivity index (χ1v) is 15.1. The smallest absolute Gasteiger partial charge is 0.244 e. The van der Waals surface area contributed by atoms with E-state index in [2.05, 4.69) is 5.32 Å². The zero-order valence-corrected chi connectivity index (χ0v) is 24.7. The van der Waals surface area contributed by atoms with Gasteiger partial charge in [-0.05, 0) is 50.1 Å². The molecule has 0 radical (unpaired) electrons. The van der Waals surface area contributed by atoms with Gasteiger partial charge in [-0.3, -0.25) is 13.9 Å². The van der Waals surface area contributed by atoms with Crippen molar-refractivity contribution in [1.82, 2.24) is 10.2 Å². The molecule has 3 aromatic rings. The number of sulfonamides is 1. The maximum Gasteiger partial charge on any atom is 0.244 e. The van der Waals surface area contributed by atoms with E-state index in [1.807, 2.05) is 75.4 Å². The lowest BCUT2D eigenvalue weighted by molar-refractivity contribution is -0.140. The van der Waals surface area contributed by atoms with E-state index >= 15 is 0 Å². The van der Waals surface area contributed by atoms with E-state index in [4.69, 9.17) is 23.2 Å². The average molecular weight is 591 g/mol. The zero-order valence-electron chi connectivity index (χ0n) is 22.4. The van der Waals surface area contributed by atoms with Crippen LogP contribution in [0.2, 0.25) is 10.0 Å². The number of carbonyl (C=O) groups excluding carboxylic acids is 2. The molecule has 0 unspecified atom stereocenters. The Morgan fingerprint density at radius 2 is 1.59 bits per heavy atom. The van der Waals surface area contributed by atoms with Crippen LogP contribution in [0.15, 0.2) is 72.8 Å². The monoisotopic (exact) mass is 589 g/mol. The van der Waals surface area contributed by atoms with E-state index in [0.29, 0.717) is 5.02 Å². The Labute approximate surface area is 240 Å². The van der Waals surface area contributed by atoms with Crippen molar-refractivity contribution in [3.05, 3.63) is 99.5 Å². The second-order valence-corrected chi connectivity index (χ2v) is 12.5. The van der Waals surface area contributed by atoms with Crippen LogP contribution in [0, 0.1) is 6.92 Å². The van der Waals surface area contributed by atoms with E-state index in [0.717, 1.165) is 27.3 Å². The molecule has 0 aliphatic carbocycles. The SMILES string of the molecule is Cc1cccc(CN(C(=O)CN(c2ccc(Cl)cc2Cl)S(C)(=O)=O)[C@@H](Cc2ccccc2)C(=O)NC(C)C)c1. The number of rotatable bonds is 11. The third-order valence-corrected chi connectivity index (χ3v) is 7.66. The third kappa shape index (κ3) is 8.71. The number of benzene rings is 3. The fourth-order valence-corrected chi connectivity index (χ4v) is 5.64. The summed E-state index contributed by atoms with van der Waals surface area (Å²) in [5, 5.41) is 3.34. The van der Waals surface area contributed by atoms with Crippen LogP contribution in [0.3, 0.4) is 0 Å². The molecule has 2 amide bonds. The number of aryl methyl sites for hydroxylation is 1. The van der Waals surface area contributed by atoms with Gasteiger partial charge in [0, 0.05) is 24.0 Å². The molecule has 208 valence electrons. The Balaban J connectivity index is 2.07. The van der Waals surface area contributed by atoms with E-state index in [1.165, 1.54) is 23.1 Å². The summed E-state index contributed by atoms with van der Waals surface area (Å²) < 4.78 is 26.7. The van der Waals surface area contributed by atoms with Gasteiger partial charge in [0.1, 0.15) is 12.6 Å². The minimum atomic E-state index is -3.93. The van der Waals surface area contributed by atoms with Crippen LogP contribution < -0.4 is 9.62 Å². The number of nitrogens with zero attached hydrogens (tertiary/aromatic N) is 2. The zero-order chi connectivity index (χ0) is 28.7. The summed E-state index contributed by atoms with van der Waals surface area (Å²) in [4.78, 5) is 29.0.